The fourth-order valence-electron chi connectivity index (χ4n) is 4.07. The molecule has 110 valence electrons. The molecule has 2 aliphatic rings. The molecule has 1 aliphatic heterocycles. The Morgan fingerprint density at radius 1 is 1.15 bits per heavy atom. The minimum atomic E-state index is 0.300. The second kappa shape index (κ2) is 5.87. The number of nitrogens with two attached hydrogens (primary N) is 1. The molecule has 1 unspecified atom stereocenters. The molecule has 2 N–H and O–H groups in total. The molecule has 1 saturated heterocycles. The van der Waals surface area contributed by atoms with E-state index in [4.69, 9.17) is 5.73 Å². The van der Waals surface area contributed by atoms with Crippen LogP contribution in [0.1, 0.15) is 55.6 Å². The van der Waals surface area contributed by atoms with Crippen LogP contribution < -0.4 is 5.73 Å². The molecule has 1 aromatic carbocycles. The van der Waals surface area contributed by atoms with Crippen LogP contribution in [0.4, 0.5) is 0 Å². The van der Waals surface area contributed by atoms with Gasteiger partial charge in [0, 0.05) is 12.0 Å². The Balaban J connectivity index is 1.89. The van der Waals surface area contributed by atoms with E-state index < -0.39 is 0 Å². The summed E-state index contributed by atoms with van der Waals surface area (Å²) in [7, 11) is 2.25. The van der Waals surface area contributed by atoms with Gasteiger partial charge in [-0.25, -0.2) is 0 Å². The van der Waals surface area contributed by atoms with Gasteiger partial charge < -0.3 is 10.6 Å². The fourth-order valence-corrected chi connectivity index (χ4v) is 4.07. The van der Waals surface area contributed by atoms with E-state index in [1.165, 1.54) is 51.6 Å². The summed E-state index contributed by atoms with van der Waals surface area (Å²) in [6.45, 7) is 3.30. The van der Waals surface area contributed by atoms with Crippen molar-refractivity contribution in [1.29, 1.82) is 0 Å². The fraction of sp³-hybridized carbons (Fsp3) is 0.667. The minimum Gasteiger partial charge on any atom is -0.330 e. The minimum absolute atomic E-state index is 0.300. The van der Waals surface area contributed by atoms with Crippen LogP contribution in [0.3, 0.4) is 0 Å². The van der Waals surface area contributed by atoms with Crippen molar-refractivity contribution in [2.75, 3.05) is 26.7 Å². The van der Waals surface area contributed by atoms with Gasteiger partial charge in [0.1, 0.15) is 0 Å². The molecule has 3 rings (SSSR count). The van der Waals surface area contributed by atoms with Crippen molar-refractivity contribution in [3.05, 3.63) is 35.4 Å². The molecule has 1 atom stereocenters. The number of hydrogen-bond donors (Lipinski definition) is 1. The monoisotopic (exact) mass is 272 g/mol. The largest absolute Gasteiger partial charge is 0.330 e. The Bertz CT molecular complexity index is 445. The third kappa shape index (κ3) is 2.51. The van der Waals surface area contributed by atoms with Gasteiger partial charge in [-0.3, -0.25) is 0 Å². The lowest BCUT2D eigenvalue weighted by Gasteiger charge is -2.43. The first kappa shape index (κ1) is 14.1. The van der Waals surface area contributed by atoms with Crippen molar-refractivity contribution in [3.8, 4) is 0 Å². The van der Waals surface area contributed by atoms with Crippen LogP contribution in [0.15, 0.2) is 24.3 Å². The quantitative estimate of drug-likeness (QED) is 0.915. The van der Waals surface area contributed by atoms with E-state index in [1.54, 1.807) is 11.1 Å². The lowest BCUT2D eigenvalue weighted by molar-refractivity contribution is 0.250. The smallest absolute Gasteiger partial charge is 0.00784 e. The van der Waals surface area contributed by atoms with Gasteiger partial charge in [-0.15, -0.1) is 0 Å². The van der Waals surface area contributed by atoms with Gasteiger partial charge >= 0.3 is 0 Å². The maximum Gasteiger partial charge on any atom is 0.00784 e. The molecule has 0 aromatic heterocycles. The molecule has 1 heterocycles. The number of benzene rings is 1. The van der Waals surface area contributed by atoms with E-state index in [0.29, 0.717) is 5.41 Å². The van der Waals surface area contributed by atoms with Crippen LogP contribution in [0.2, 0.25) is 0 Å². The molecule has 2 fully saturated rings. The van der Waals surface area contributed by atoms with Crippen LogP contribution in [-0.4, -0.2) is 31.6 Å². The van der Waals surface area contributed by atoms with Crippen LogP contribution in [-0.2, 0) is 5.41 Å². The zero-order valence-corrected chi connectivity index (χ0v) is 12.8. The molecule has 20 heavy (non-hydrogen) atoms. The average molecular weight is 272 g/mol. The number of rotatable bonds is 3. The van der Waals surface area contributed by atoms with E-state index in [0.717, 1.165) is 12.5 Å². The summed E-state index contributed by atoms with van der Waals surface area (Å²) in [4.78, 5) is 2.48. The van der Waals surface area contributed by atoms with Crippen LogP contribution in [0, 0.1) is 0 Å². The topological polar surface area (TPSA) is 29.3 Å². The van der Waals surface area contributed by atoms with E-state index in [1.807, 2.05) is 0 Å². The molecule has 0 amide bonds. The highest BCUT2D eigenvalue weighted by Crippen LogP contribution is 2.46. The van der Waals surface area contributed by atoms with Gasteiger partial charge in [0.2, 0.25) is 0 Å². The number of hydrogen-bond acceptors (Lipinski definition) is 2. The van der Waals surface area contributed by atoms with E-state index >= 15 is 0 Å². The molecule has 0 bridgehead atoms. The molecule has 1 aromatic rings. The summed E-state index contributed by atoms with van der Waals surface area (Å²) in [5.41, 5.74) is 9.62. The van der Waals surface area contributed by atoms with Crippen molar-refractivity contribution in [3.63, 3.8) is 0 Å². The van der Waals surface area contributed by atoms with Crippen molar-refractivity contribution < 1.29 is 0 Å². The summed E-state index contributed by atoms with van der Waals surface area (Å²) in [6.07, 6.45) is 7.88. The maximum absolute atomic E-state index is 6.14. The van der Waals surface area contributed by atoms with Crippen molar-refractivity contribution in [2.45, 2.75) is 49.9 Å². The summed E-state index contributed by atoms with van der Waals surface area (Å²) in [6, 6.07) is 9.16. The Kier molecular flexibility index (Phi) is 4.13. The first-order valence-corrected chi connectivity index (χ1v) is 8.23. The van der Waals surface area contributed by atoms with Crippen LogP contribution >= 0.6 is 0 Å². The van der Waals surface area contributed by atoms with Crippen LogP contribution in [0.25, 0.3) is 0 Å². The normalized spacial score (nSPS) is 26.8. The van der Waals surface area contributed by atoms with Crippen molar-refractivity contribution in [1.82, 2.24) is 4.90 Å². The van der Waals surface area contributed by atoms with Crippen molar-refractivity contribution in [2.24, 2.45) is 5.73 Å². The van der Waals surface area contributed by atoms with E-state index in [-0.39, 0.29) is 0 Å². The van der Waals surface area contributed by atoms with E-state index in [9.17, 15) is 0 Å². The predicted molar refractivity (Wildman–Crippen MR) is 85.1 cm³/mol. The highest BCUT2D eigenvalue weighted by atomic mass is 15.1. The van der Waals surface area contributed by atoms with Gasteiger partial charge in [0.05, 0.1) is 0 Å². The summed E-state index contributed by atoms with van der Waals surface area (Å²) in [5, 5.41) is 0. The third-order valence-corrected chi connectivity index (χ3v) is 5.63. The molecular formula is C18H28N2. The predicted octanol–water partition coefficient (Wildman–Crippen LogP) is 3.27. The lowest BCUT2D eigenvalue weighted by Crippen LogP contribution is -2.42. The molecule has 1 aliphatic carbocycles. The van der Waals surface area contributed by atoms with Gasteiger partial charge in [0.25, 0.3) is 0 Å². The molecule has 0 spiro atoms. The standard InChI is InChI=1S/C18H28N2/c1-20-12-4-6-15(9-13-20)16-7-2-3-8-17(16)18(14-19)10-5-11-18/h2-3,7-8,15H,4-6,9-14,19H2,1H3. The molecule has 2 heteroatoms. The zero-order valence-electron chi connectivity index (χ0n) is 12.8. The van der Waals surface area contributed by atoms with Gasteiger partial charge in [0.15, 0.2) is 0 Å². The second-order valence-corrected chi connectivity index (χ2v) is 6.86. The maximum atomic E-state index is 6.14. The highest BCUT2D eigenvalue weighted by Gasteiger charge is 2.39. The Morgan fingerprint density at radius 2 is 1.95 bits per heavy atom. The highest BCUT2D eigenvalue weighted by molar-refractivity contribution is 5.39. The first-order chi connectivity index (χ1) is 9.75. The van der Waals surface area contributed by atoms with E-state index in [2.05, 4.69) is 36.2 Å². The molecule has 1 saturated carbocycles. The number of likely N-dealkylation sites (tertiary alicyclic amines) is 1. The average Bonchev–Trinajstić information content (AvgIpc) is 2.64. The van der Waals surface area contributed by atoms with Gasteiger partial charge in [-0.05, 0) is 69.3 Å². The van der Waals surface area contributed by atoms with Crippen LogP contribution in [0.5, 0.6) is 0 Å². The Hall–Kier alpha value is -0.860. The molecular weight excluding hydrogens is 244 g/mol. The third-order valence-electron chi connectivity index (χ3n) is 5.63. The SMILES string of the molecule is CN1CCCC(c2ccccc2C2(CN)CCC2)CC1. The van der Waals surface area contributed by atoms with Gasteiger partial charge in [-0.2, -0.15) is 0 Å². The molecule has 0 radical (unpaired) electrons. The lowest BCUT2D eigenvalue weighted by atomic mass is 9.62. The zero-order chi connectivity index (χ0) is 14.0. The molecule has 2 nitrogen and oxygen atoms in total. The Morgan fingerprint density at radius 3 is 2.65 bits per heavy atom. The first-order valence-electron chi connectivity index (χ1n) is 8.23. The number of nitrogens with zero attached hydrogens (tertiary/aromatic N) is 1. The Labute approximate surface area is 123 Å². The summed E-state index contributed by atoms with van der Waals surface area (Å²) >= 11 is 0. The summed E-state index contributed by atoms with van der Waals surface area (Å²) in [5.74, 6) is 0.736. The second-order valence-electron chi connectivity index (χ2n) is 6.86. The van der Waals surface area contributed by atoms with Gasteiger partial charge in [-0.1, -0.05) is 30.7 Å². The summed E-state index contributed by atoms with van der Waals surface area (Å²) < 4.78 is 0. The van der Waals surface area contributed by atoms with Crippen molar-refractivity contribution >= 4 is 0 Å².